The average Bonchev–Trinajstić information content (AvgIpc) is 3.24. The second kappa shape index (κ2) is 7.98. The molecule has 0 saturated carbocycles. The molecule has 3 aromatic rings. The van der Waals surface area contributed by atoms with E-state index in [2.05, 4.69) is 10.1 Å². The zero-order valence-corrected chi connectivity index (χ0v) is 15.8. The molecule has 0 aliphatic carbocycles. The van der Waals surface area contributed by atoms with Crippen LogP contribution in [0.3, 0.4) is 0 Å². The lowest BCUT2D eigenvalue weighted by Crippen LogP contribution is -2.39. The van der Waals surface area contributed by atoms with Crippen molar-refractivity contribution >= 4 is 5.91 Å². The fraction of sp³-hybridized carbons (Fsp3) is 0.286. The Labute approximate surface area is 166 Å². The zero-order valence-electron chi connectivity index (χ0n) is 15.8. The SMILES string of the molecule is COc1cccc(-c2noc([C@H]3CCCN(C(=O)c4ccc(F)cc4F)C3)n2)c1. The van der Waals surface area contributed by atoms with Gasteiger partial charge in [0.15, 0.2) is 0 Å². The minimum atomic E-state index is -0.866. The maximum atomic E-state index is 14.0. The first kappa shape index (κ1) is 19.0. The molecular formula is C21H19F2N3O3. The van der Waals surface area contributed by atoms with Crippen molar-refractivity contribution in [1.29, 1.82) is 0 Å². The van der Waals surface area contributed by atoms with Gasteiger partial charge in [-0.05, 0) is 37.1 Å². The molecule has 0 N–H and O–H groups in total. The van der Waals surface area contributed by atoms with Crippen LogP contribution >= 0.6 is 0 Å². The number of aromatic nitrogens is 2. The lowest BCUT2D eigenvalue weighted by Gasteiger charge is -2.31. The number of ether oxygens (including phenoxy) is 1. The first-order valence-corrected chi connectivity index (χ1v) is 9.27. The summed E-state index contributed by atoms with van der Waals surface area (Å²) in [7, 11) is 1.58. The van der Waals surface area contributed by atoms with Gasteiger partial charge in [-0.2, -0.15) is 4.98 Å². The molecule has 1 aromatic heterocycles. The monoisotopic (exact) mass is 399 g/mol. The molecule has 2 heterocycles. The van der Waals surface area contributed by atoms with Crippen molar-refractivity contribution in [2.75, 3.05) is 20.2 Å². The summed E-state index contributed by atoms with van der Waals surface area (Å²) >= 11 is 0. The van der Waals surface area contributed by atoms with Crippen molar-refractivity contribution < 1.29 is 22.8 Å². The van der Waals surface area contributed by atoms with Crippen LogP contribution in [0.5, 0.6) is 5.75 Å². The minimum absolute atomic E-state index is 0.144. The molecule has 1 atom stereocenters. The Bertz CT molecular complexity index is 1040. The van der Waals surface area contributed by atoms with Crippen molar-refractivity contribution in [1.82, 2.24) is 15.0 Å². The van der Waals surface area contributed by atoms with Crippen molar-refractivity contribution in [3.05, 3.63) is 65.6 Å². The highest BCUT2D eigenvalue weighted by atomic mass is 19.1. The Morgan fingerprint density at radius 3 is 2.90 bits per heavy atom. The molecule has 1 aliphatic rings. The van der Waals surface area contributed by atoms with Gasteiger partial charge in [-0.1, -0.05) is 17.3 Å². The number of benzene rings is 2. The number of carbonyl (C=O) groups is 1. The van der Waals surface area contributed by atoms with E-state index in [1.807, 2.05) is 24.3 Å². The summed E-state index contributed by atoms with van der Waals surface area (Å²) in [6.45, 7) is 0.818. The van der Waals surface area contributed by atoms with E-state index < -0.39 is 17.5 Å². The smallest absolute Gasteiger partial charge is 0.256 e. The number of nitrogens with zero attached hydrogens (tertiary/aromatic N) is 3. The van der Waals surface area contributed by atoms with Gasteiger partial charge < -0.3 is 14.2 Å². The molecule has 1 amide bonds. The number of likely N-dealkylation sites (tertiary alicyclic amines) is 1. The normalized spacial score (nSPS) is 16.7. The standard InChI is InChI=1S/C21H19F2N3O3/c1-28-16-6-2-4-13(10-16)19-24-20(29-25-19)14-5-3-9-26(12-14)21(27)17-8-7-15(22)11-18(17)23/h2,4,6-8,10-11,14H,3,5,9,12H2,1H3/t14-/m0/s1. The second-order valence-corrected chi connectivity index (χ2v) is 6.90. The average molecular weight is 399 g/mol. The number of methoxy groups -OCH3 is 1. The molecule has 4 rings (SSSR count). The second-order valence-electron chi connectivity index (χ2n) is 6.90. The minimum Gasteiger partial charge on any atom is -0.497 e. The van der Waals surface area contributed by atoms with E-state index in [1.165, 1.54) is 6.07 Å². The van der Waals surface area contributed by atoms with Gasteiger partial charge in [0.05, 0.1) is 18.6 Å². The van der Waals surface area contributed by atoms with Crippen LogP contribution in [0.4, 0.5) is 8.78 Å². The Kier molecular flexibility index (Phi) is 5.24. The highest BCUT2D eigenvalue weighted by Gasteiger charge is 2.30. The molecule has 150 valence electrons. The van der Waals surface area contributed by atoms with Gasteiger partial charge >= 0.3 is 0 Å². The van der Waals surface area contributed by atoms with Crippen molar-refractivity contribution in [2.24, 2.45) is 0 Å². The van der Waals surface area contributed by atoms with E-state index >= 15 is 0 Å². The summed E-state index contributed by atoms with van der Waals surface area (Å²) < 4.78 is 37.8. The van der Waals surface area contributed by atoms with Crippen molar-refractivity contribution in [3.63, 3.8) is 0 Å². The summed E-state index contributed by atoms with van der Waals surface area (Å²) in [5, 5.41) is 4.04. The number of amides is 1. The third kappa shape index (κ3) is 3.96. The van der Waals surface area contributed by atoms with E-state index in [4.69, 9.17) is 9.26 Å². The van der Waals surface area contributed by atoms with Crippen LogP contribution in [-0.4, -0.2) is 41.1 Å². The summed E-state index contributed by atoms with van der Waals surface area (Å²) in [6.07, 6.45) is 1.49. The van der Waals surface area contributed by atoms with Crippen LogP contribution in [0.25, 0.3) is 11.4 Å². The molecule has 0 radical (unpaired) electrons. The van der Waals surface area contributed by atoms with Gasteiger partial charge in [0.1, 0.15) is 17.4 Å². The van der Waals surface area contributed by atoms with E-state index in [1.54, 1.807) is 12.0 Å². The predicted molar refractivity (Wildman–Crippen MR) is 101 cm³/mol. The van der Waals surface area contributed by atoms with Gasteiger partial charge in [0.2, 0.25) is 11.7 Å². The van der Waals surface area contributed by atoms with Crippen molar-refractivity contribution in [3.8, 4) is 17.1 Å². The van der Waals surface area contributed by atoms with Crippen LogP contribution in [0, 0.1) is 11.6 Å². The molecule has 0 spiro atoms. The third-order valence-electron chi connectivity index (χ3n) is 4.99. The van der Waals surface area contributed by atoms with Crippen LogP contribution < -0.4 is 4.74 Å². The van der Waals surface area contributed by atoms with Crippen LogP contribution in [-0.2, 0) is 0 Å². The highest BCUT2D eigenvalue weighted by Crippen LogP contribution is 2.29. The Balaban J connectivity index is 1.51. The highest BCUT2D eigenvalue weighted by molar-refractivity contribution is 5.94. The molecule has 0 bridgehead atoms. The number of halogens is 2. The zero-order chi connectivity index (χ0) is 20.4. The number of hydrogen-bond acceptors (Lipinski definition) is 5. The topological polar surface area (TPSA) is 68.5 Å². The summed E-state index contributed by atoms with van der Waals surface area (Å²) in [4.78, 5) is 18.7. The summed E-state index contributed by atoms with van der Waals surface area (Å²) in [5.74, 6) is -0.652. The summed E-state index contributed by atoms with van der Waals surface area (Å²) in [6, 6.07) is 10.3. The molecule has 2 aromatic carbocycles. The number of hydrogen-bond donors (Lipinski definition) is 0. The fourth-order valence-electron chi connectivity index (χ4n) is 3.48. The molecule has 1 saturated heterocycles. The third-order valence-corrected chi connectivity index (χ3v) is 4.99. The van der Waals surface area contributed by atoms with Gasteiger partial charge in [-0.25, -0.2) is 8.78 Å². The molecule has 1 aliphatic heterocycles. The molecule has 0 unspecified atom stereocenters. The number of carbonyl (C=O) groups excluding carboxylic acids is 1. The first-order valence-electron chi connectivity index (χ1n) is 9.27. The molecule has 29 heavy (non-hydrogen) atoms. The van der Waals surface area contributed by atoms with Gasteiger partial charge in [0, 0.05) is 24.7 Å². The first-order chi connectivity index (χ1) is 14.0. The van der Waals surface area contributed by atoms with Crippen LogP contribution in [0.1, 0.15) is 35.0 Å². The van der Waals surface area contributed by atoms with E-state index in [0.29, 0.717) is 36.6 Å². The Morgan fingerprint density at radius 2 is 2.10 bits per heavy atom. The molecule has 6 nitrogen and oxygen atoms in total. The molecule has 1 fully saturated rings. The van der Waals surface area contributed by atoms with E-state index in [-0.39, 0.29) is 11.5 Å². The molecular weight excluding hydrogens is 380 g/mol. The maximum Gasteiger partial charge on any atom is 0.256 e. The fourth-order valence-corrected chi connectivity index (χ4v) is 3.48. The van der Waals surface area contributed by atoms with Gasteiger partial charge in [-0.15, -0.1) is 0 Å². The Morgan fingerprint density at radius 1 is 1.24 bits per heavy atom. The van der Waals surface area contributed by atoms with E-state index in [0.717, 1.165) is 24.5 Å². The van der Waals surface area contributed by atoms with E-state index in [9.17, 15) is 13.6 Å². The maximum absolute atomic E-state index is 14.0. The quantitative estimate of drug-likeness (QED) is 0.662. The lowest BCUT2D eigenvalue weighted by atomic mass is 9.97. The van der Waals surface area contributed by atoms with Crippen molar-refractivity contribution in [2.45, 2.75) is 18.8 Å². The van der Waals surface area contributed by atoms with Crippen LogP contribution in [0.2, 0.25) is 0 Å². The largest absolute Gasteiger partial charge is 0.497 e. The number of piperidine rings is 1. The van der Waals surface area contributed by atoms with Gasteiger partial charge in [-0.3, -0.25) is 4.79 Å². The van der Waals surface area contributed by atoms with Crippen LogP contribution in [0.15, 0.2) is 47.0 Å². The lowest BCUT2D eigenvalue weighted by molar-refractivity contribution is 0.0691. The molecule has 8 heteroatoms. The number of rotatable bonds is 4. The van der Waals surface area contributed by atoms with Gasteiger partial charge in [0.25, 0.3) is 5.91 Å². The predicted octanol–water partition coefficient (Wildman–Crippen LogP) is 4.04. The Hall–Kier alpha value is -3.29. The summed E-state index contributed by atoms with van der Waals surface area (Å²) in [5.41, 5.74) is 0.617.